The molecule has 1 saturated heterocycles. The quantitative estimate of drug-likeness (QED) is 0.489. The number of benzene rings is 2. The molecule has 0 bridgehead atoms. The standard InChI is InChI=1S/C27H39N5O3S/c1-3-31-16-18-32(19-17-31)25-15-14-24(29-27(33)28-23-12-8-5-9-13-23)20-26(25)36(34,35)30-21(2)22-10-6-4-7-11-22/h4,6-7,10-11,14-15,20-21,23,30H,3,5,8-9,12-13,16-19H2,1-2H3,(H2,28,29,33)/t21-/m1/s1. The Hall–Kier alpha value is -2.62. The minimum absolute atomic E-state index is 0.171. The first-order valence-corrected chi connectivity index (χ1v) is 14.6. The molecule has 1 atom stereocenters. The molecule has 1 aliphatic heterocycles. The van der Waals surface area contributed by atoms with E-state index in [4.69, 9.17) is 0 Å². The number of nitrogens with zero attached hydrogens (tertiary/aromatic N) is 2. The van der Waals surface area contributed by atoms with Crippen LogP contribution in [0.15, 0.2) is 53.4 Å². The van der Waals surface area contributed by atoms with Gasteiger partial charge in [0.2, 0.25) is 10.0 Å². The Balaban J connectivity index is 1.57. The van der Waals surface area contributed by atoms with Gasteiger partial charge in [-0.1, -0.05) is 56.5 Å². The number of anilines is 2. The molecule has 1 saturated carbocycles. The maximum Gasteiger partial charge on any atom is 0.319 e. The van der Waals surface area contributed by atoms with Gasteiger partial charge in [-0.05, 0) is 50.1 Å². The topological polar surface area (TPSA) is 93.8 Å². The number of hydrogen-bond acceptors (Lipinski definition) is 5. The van der Waals surface area contributed by atoms with Gasteiger partial charge >= 0.3 is 6.03 Å². The van der Waals surface area contributed by atoms with E-state index in [-0.39, 0.29) is 17.0 Å². The Bertz CT molecular complexity index is 1110. The minimum atomic E-state index is -3.87. The third-order valence-corrected chi connectivity index (χ3v) is 8.81. The molecule has 2 aliphatic rings. The summed E-state index contributed by atoms with van der Waals surface area (Å²) >= 11 is 0. The van der Waals surface area contributed by atoms with Gasteiger partial charge in [-0.15, -0.1) is 0 Å². The van der Waals surface area contributed by atoms with Crippen LogP contribution in [0.3, 0.4) is 0 Å². The fourth-order valence-corrected chi connectivity index (χ4v) is 6.56. The van der Waals surface area contributed by atoms with Gasteiger partial charge in [0.15, 0.2) is 0 Å². The lowest BCUT2D eigenvalue weighted by Gasteiger charge is -2.36. The molecule has 2 fully saturated rings. The van der Waals surface area contributed by atoms with Crippen molar-refractivity contribution < 1.29 is 13.2 Å². The van der Waals surface area contributed by atoms with Crippen molar-refractivity contribution in [1.29, 1.82) is 0 Å². The van der Waals surface area contributed by atoms with E-state index < -0.39 is 16.1 Å². The Morgan fingerprint density at radius 1 is 1.00 bits per heavy atom. The van der Waals surface area contributed by atoms with Crippen LogP contribution >= 0.6 is 0 Å². The van der Waals surface area contributed by atoms with Crippen molar-refractivity contribution in [2.45, 2.75) is 62.9 Å². The first-order valence-electron chi connectivity index (χ1n) is 13.1. The first-order chi connectivity index (χ1) is 17.4. The van der Waals surface area contributed by atoms with Crippen molar-refractivity contribution in [3.63, 3.8) is 0 Å². The van der Waals surface area contributed by atoms with Crippen LogP contribution < -0.4 is 20.3 Å². The molecular weight excluding hydrogens is 474 g/mol. The molecule has 8 nitrogen and oxygen atoms in total. The number of carbonyl (C=O) groups excluding carboxylic acids is 1. The van der Waals surface area contributed by atoms with E-state index >= 15 is 0 Å². The lowest BCUT2D eigenvalue weighted by molar-refractivity contribution is 0.244. The summed E-state index contributed by atoms with van der Waals surface area (Å²) in [4.78, 5) is 17.3. The molecule has 9 heteroatoms. The highest BCUT2D eigenvalue weighted by molar-refractivity contribution is 7.89. The Labute approximate surface area is 215 Å². The summed E-state index contributed by atoms with van der Waals surface area (Å²) < 4.78 is 30.2. The second-order valence-electron chi connectivity index (χ2n) is 9.79. The molecule has 4 rings (SSSR count). The summed E-state index contributed by atoms with van der Waals surface area (Å²) in [6.45, 7) is 8.22. The Morgan fingerprint density at radius 3 is 2.36 bits per heavy atom. The minimum Gasteiger partial charge on any atom is -0.368 e. The average molecular weight is 514 g/mol. The molecule has 196 valence electrons. The summed E-state index contributed by atoms with van der Waals surface area (Å²) in [6.07, 6.45) is 5.43. The van der Waals surface area contributed by atoms with Crippen LogP contribution in [0.2, 0.25) is 0 Å². The maximum absolute atomic E-state index is 13.7. The molecular formula is C27H39N5O3S. The predicted octanol–water partition coefficient (Wildman–Crippen LogP) is 4.32. The summed E-state index contributed by atoms with van der Waals surface area (Å²) in [5, 5.41) is 5.90. The SMILES string of the molecule is CCN1CCN(c2ccc(NC(=O)NC3CCCCC3)cc2S(=O)(=O)N[C@H](C)c2ccccc2)CC1. The van der Waals surface area contributed by atoms with Gasteiger partial charge in [0.05, 0.1) is 5.69 Å². The molecule has 0 aromatic heterocycles. The fraction of sp³-hybridized carbons (Fsp3) is 0.519. The Morgan fingerprint density at radius 2 is 1.69 bits per heavy atom. The van der Waals surface area contributed by atoms with Gasteiger partial charge in [-0.25, -0.2) is 17.9 Å². The van der Waals surface area contributed by atoms with E-state index in [1.807, 2.05) is 43.3 Å². The van der Waals surface area contributed by atoms with Gasteiger partial charge in [-0.2, -0.15) is 0 Å². The van der Waals surface area contributed by atoms with Crippen LogP contribution in [0.4, 0.5) is 16.2 Å². The van der Waals surface area contributed by atoms with E-state index in [1.165, 1.54) is 6.42 Å². The van der Waals surface area contributed by atoms with E-state index in [1.54, 1.807) is 12.1 Å². The van der Waals surface area contributed by atoms with Crippen molar-refractivity contribution in [3.05, 3.63) is 54.1 Å². The predicted molar refractivity (Wildman–Crippen MR) is 145 cm³/mol. The van der Waals surface area contributed by atoms with Gasteiger partial charge in [-0.3, -0.25) is 0 Å². The average Bonchev–Trinajstić information content (AvgIpc) is 2.89. The molecule has 3 N–H and O–H groups in total. The van der Waals surface area contributed by atoms with Gasteiger partial charge in [0.1, 0.15) is 4.90 Å². The highest BCUT2D eigenvalue weighted by Crippen LogP contribution is 2.31. The molecule has 0 spiro atoms. The molecule has 0 unspecified atom stereocenters. The molecule has 2 aromatic carbocycles. The monoisotopic (exact) mass is 513 g/mol. The second kappa shape index (κ2) is 12.1. The lowest BCUT2D eigenvalue weighted by Crippen LogP contribution is -2.46. The first kappa shape index (κ1) is 26.4. The number of rotatable bonds is 8. The van der Waals surface area contributed by atoms with Gasteiger partial charge in [0.25, 0.3) is 0 Å². The third kappa shape index (κ3) is 6.78. The zero-order valence-corrected chi connectivity index (χ0v) is 22.2. The molecule has 1 aliphatic carbocycles. The van der Waals surface area contributed by atoms with Crippen LogP contribution in [0.25, 0.3) is 0 Å². The molecule has 0 radical (unpaired) electrons. The van der Waals surface area contributed by atoms with Gasteiger partial charge < -0.3 is 20.4 Å². The Kier molecular flexibility index (Phi) is 8.87. The number of likely N-dealkylation sites (N-methyl/N-ethyl adjacent to an activating group) is 1. The zero-order valence-electron chi connectivity index (χ0n) is 21.4. The van der Waals surface area contributed by atoms with E-state index in [9.17, 15) is 13.2 Å². The van der Waals surface area contributed by atoms with Crippen molar-refractivity contribution in [2.75, 3.05) is 42.9 Å². The maximum atomic E-state index is 13.7. The number of carbonyl (C=O) groups is 1. The number of sulfonamides is 1. The van der Waals surface area contributed by atoms with Gasteiger partial charge in [0, 0.05) is 44.0 Å². The molecule has 2 aromatic rings. The van der Waals surface area contributed by atoms with Crippen molar-refractivity contribution >= 4 is 27.4 Å². The number of urea groups is 1. The van der Waals surface area contributed by atoms with Crippen molar-refractivity contribution in [3.8, 4) is 0 Å². The molecule has 36 heavy (non-hydrogen) atoms. The number of piperazine rings is 1. The second-order valence-corrected chi connectivity index (χ2v) is 11.5. The van der Waals surface area contributed by atoms with E-state index in [0.29, 0.717) is 11.4 Å². The van der Waals surface area contributed by atoms with Crippen LogP contribution in [-0.4, -0.2) is 58.1 Å². The highest BCUT2D eigenvalue weighted by Gasteiger charge is 2.27. The summed E-state index contributed by atoms with van der Waals surface area (Å²) in [5.41, 5.74) is 2.02. The van der Waals surface area contributed by atoms with Crippen molar-refractivity contribution in [2.24, 2.45) is 0 Å². The highest BCUT2D eigenvalue weighted by atomic mass is 32.2. The van der Waals surface area contributed by atoms with E-state index in [0.717, 1.165) is 64.0 Å². The van der Waals surface area contributed by atoms with Crippen LogP contribution in [0, 0.1) is 0 Å². The summed E-state index contributed by atoms with van der Waals surface area (Å²) in [5.74, 6) is 0. The molecule has 2 amide bonds. The normalized spacial score (nSPS) is 18.6. The third-order valence-electron chi connectivity index (χ3n) is 7.24. The number of hydrogen-bond donors (Lipinski definition) is 3. The van der Waals surface area contributed by atoms with Crippen LogP contribution in [0.1, 0.15) is 57.6 Å². The van der Waals surface area contributed by atoms with Crippen LogP contribution in [-0.2, 0) is 10.0 Å². The van der Waals surface area contributed by atoms with Crippen LogP contribution in [0.5, 0.6) is 0 Å². The zero-order chi connectivity index (χ0) is 25.5. The lowest BCUT2D eigenvalue weighted by atomic mass is 9.96. The number of amides is 2. The smallest absolute Gasteiger partial charge is 0.319 e. The largest absolute Gasteiger partial charge is 0.368 e. The van der Waals surface area contributed by atoms with Crippen molar-refractivity contribution in [1.82, 2.24) is 14.9 Å². The summed E-state index contributed by atoms with van der Waals surface area (Å²) in [7, 11) is -3.87. The van der Waals surface area contributed by atoms with E-state index in [2.05, 4.69) is 32.1 Å². The molecule has 1 heterocycles. The number of nitrogens with one attached hydrogen (secondary N) is 3. The fourth-order valence-electron chi connectivity index (χ4n) is 5.08. The summed E-state index contributed by atoms with van der Waals surface area (Å²) in [6, 6.07) is 14.2.